The molecule has 0 fully saturated rings. The summed E-state index contributed by atoms with van der Waals surface area (Å²) in [6.07, 6.45) is 1.98. The Labute approximate surface area is 221 Å². The van der Waals surface area contributed by atoms with Gasteiger partial charge < -0.3 is 15.7 Å². The van der Waals surface area contributed by atoms with Crippen LogP contribution in [0.3, 0.4) is 0 Å². The Hall–Kier alpha value is -4.68. The Bertz CT molecular complexity index is 1270. The summed E-state index contributed by atoms with van der Waals surface area (Å²) >= 11 is 0. The number of nitrogens with one attached hydrogen (secondary N) is 3. The van der Waals surface area contributed by atoms with E-state index in [-0.39, 0.29) is 37.0 Å². The predicted octanol–water partition coefficient (Wildman–Crippen LogP) is 2.99. The van der Waals surface area contributed by atoms with Crippen molar-refractivity contribution in [2.45, 2.75) is 38.1 Å². The van der Waals surface area contributed by atoms with Gasteiger partial charge in [0.05, 0.1) is 11.6 Å². The monoisotopic (exact) mass is 514 g/mol. The van der Waals surface area contributed by atoms with E-state index in [0.29, 0.717) is 24.8 Å². The molecule has 3 aromatic rings. The fourth-order valence-electron chi connectivity index (χ4n) is 3.83. The summed E-state index contributed by atoms with van der Waals surface area (Å²) in [5.41, 5.74) is 6.04. The molecule has 3 amide bonds. The molecular weight excluding hydrogens is 484 g/mol. The van der Waals surface area contributed by atoms with Crippen LogP contribution in [0.4, 0.5) is 0 Å². The van der Waals surface area contributed by atoms with Gasteiger partial charge in [-0.3, -0.25) is 19.6 Å². The molecule has 0 unspecified atom stereocenters. The van der Waals surface area contributed by atoms with Crippen molar-refractivity contribution >= 4 is 17.7 Å². The summed E-state index contributed by atoms with van der Waals surface area (Å²) in [6, 6.07) is 22.7. The molecule has 0 radical (unpaired) electrons. The van der Waals surface area contributed by atoms with Crippen molar-refractivity contribution in [1.82, 2.24) is 16.1 Å². The number of benzene rings is 3. The van der Waals surface area contributed by atoms with Crippen molar-refractivity contribution in [2.24, 2.45) is 0 Å². The average Bonchev–Trinajstić information content (AvgIpc) is 2.95. The van der Waals surface area contributed by atoms with Crippen molar-refractivity contribution in [3.05, 3.63) is 89.5 Å². The highest BCUT2D eigenvalue weighted by atomic mass is 16.5. The van der Waals surface area contributed by atoms with Gasteiger partial charge in [-0.2, -0.15) is 5.26 Å². The van der Waals surface area contributed by atoms with Gasteiger partial charge in [0.15, 0.2) is 0 Å². The van der Waals surface area contributed by atoms with Crippen LogP contribution in [-0.2, 0) is 27.2 Å². The lowest BCUT2D eigenvalue weighted by Crippen LogP contribution is -2.52. The van der Waals surface area contributed by atoms with Crippen LogP contribution in [0.2, 0.25) is 0 Å². The molecule has 5 N–H and O–H groups in total. The standard InChI is InChI=1S/C29H30N4O5/c30-18-22-6-13-24(14-7-22)23-11-4-21(5-12-23)10-17-27(35)31-19-26(29(37)33-38)32-28(36)3-1-2-20-8-15-25(34)16-9-20/h4-9,11-16,26,34,38H,1-3,10,17,19H2,(H,31,35)(H,32,36)(H,33,37)/t26-/m0/s1. The van der Waals surface area contributed by atoms with Crippen molar-refractivity contribution < 1.29 is 24.7 Å². The molecule has 3 aromatic carbocycles. The number of nitrogens with zero attached hydrogens (tertiary/aromatic N) is 1. The molecule has 0 aliphatic heterocycles. The second-order valence-corrected chi connectivity index (χ2v) is 8.81. The molecule has 0 bridgehead atoms. The van der Waals surface area contributed by atoms with E-state index in [2.05, 4.69) is 16.7 Å². The maximum atomic E-state index is 12.4. The molecule has 0 saturated heterocycles. The first-order valence-corrected chi connectivity index (χ1v) is 12.3. The van der Waals surface area contributed by atoms with Crippen LogP contribution >= 0.6 is 0 Å². The first-order valence-electron chi connectivity index (χ1n) is 12.3. The summed E-state index contributed by atoms with van der Waals surface area (Å²) < 4.78 is 0. The zero-order valence-corrected chi connectivity index (χ0v) is 20.8. The highest BCUT2D eigenvalue weighted by Crippen LogP contribution is 2.20. The number of nitriles is 1. The largest absolute Gasteiger partial charge is 0.508 e. The molecule has 38 heavy (non-hydrogen) atoms. The van der Waals surface area contributed by atoms with Crippen molar-refractivity contribution in [3.63, 3.8) is 0 Å². The number of aromatic hydroxyl groups is 1. The number of hydroxylamine groups is 1. The molecule has 0 aliphatic rings. The van der Waals surface area contributed by atoms with Gasteiger partial charge in [-0.15, -0.1) is 0 Å². The zero-order valence-electron chi connectivity index (χ0n) is 20.8. The Balaban J connectivity index is 1.42. The summed E-state index contributed by atoms with van der Waals surface area (Å²) in [7, 11) is 0. The number of amides is 3. The van der Waals surface area contributed by atoms with Crippen LogP contribution in [0.1, 0.15) is 36.0 Å². The van der Waals surface area contributed by atoms with Crippen LogP contribution in [0.15, 0.2) is 72.8 Å². The number of hydrogen-bond acceptors (Lipinski definition) is 6. The van der Waals surface area contributed by atoms with Crippen molar-refractivity contribution in [3.8, 4) is 22.9 Å². The van der Waals surface area contributed by atoms with Gasteiger partial charge in [0.2, 0.25) is 11.8 Å². The number of carbonyl (C=O) groups excluding carboxylic acids is 3. The van der Waals surface area contributed by atoms with E-state index in [9.17, 15) is 19.5 Å². The van der Waals surface area contributed by atoms with E-state index < -0.39 is 11.9 Å². The number of carbonyl (C=O) groups is 3. The lowest BCUT2D eigenvalue weighted by Gasteiger charge is -2.17. The highest BCUT2D eigenvalue weighted by Gasteiger charge is 2.21. The van der Waals surface area contributed by atoms with E-state index in [4.69, 9.17) is 10.5 Å². The highest BCUT2D eigenvalue weighted by molar-refractivity contribution is 5.88. The number of aryl methyl sites for hydroxylation is 2. The number of hydrogen-bond donors (Lipinski definition) is 5. The average molecular weight is 515 g/mol. The number of rotatable bonds is 12. The first-order chi connectivity index (χ1) is 18.4. The first kappa shape index (κ1) is 27.9. The topological polar surface area (TPSA) is 152 Å². The van der Waals surface area contributed by atoms with Gasteiger partial charge in [0, 0.05) is 19.4 Å². The van der Waals surface area contributed by atoms with E-state index in [1.807, 2.05) is 36.4 Å². The quantitative estimate of drug-likeness (QED) is 0.185. The van der Waals surface area contributed by atoms with Gasteiger partial charge in [0.1, 0.15) is 11.8 Å². The third-order valence-electron chi connectivity index (χ3n) is 6.01. The minimum absolute atomic E-state index is 0.155. The van der Waals surface area contributed by atoms with Crippen LogP contribution < -0.4 is 16.1 Å². The maximum Gasteiger partial charge on any atom is 0.267 e. The van der Waals surface area contributed by atoms with Crippen LogP contribution in [0.25, 0.3) is 11.1 Å². The second kappa shape index (κ2) is 14.2. The fraction of sp³-hybridized carbons (Fsp3) is 0.241. The van der Waals surface area contributed by atoms with Crippen LogP contribution in [0, 0.1) is 11.3 Å². The molecule has 0 heterocycles. The molecule has 0 saturated carbocycles. The summed E-state index contributed by atoms with van der Waals surface area (Å²) in [4.78, 5) is 36.6. The molecule has 0 aromatic heterocycles. The van der Waals surface area contributed by atoms with Crippen molar-refractivity contribution in [1.29, 1.82) is 5.26 Å². The molecule has 3 rings (SSSR count). The molecule has 0 aliphatic carbocycles. The third-order valence-corrected chi connectivity index (χ3v) is 6.01. The van der Waals surface area contributed by atoms with Gasteiger partial charge in [0.25, 0.3) is 5.91 Å². The summed E-state index contributed by atoms with van der Waals surface area (Å²) in [5.74, 6) is -1.33. The molecule has 9 heteroatoms. The Morgan fingerprint density at radius 1 is 0.789 bits per heavy atom. The lowest BCUT2D eigenvalue weighted by atomic mass is 10.0. The maximum absolute atomic E-state index is 12.4. The number of phenolic OH excluding ortho intramolecular Hbond substituents is 1. The summed E-state index contributed by atoms with van der Waals surface area (Å²) in [6.45, 7) is -0.160. The minimum Gasteiger partial charge on any atom is -0.508 e. The minimum atomic E-state index is -1.11. The Kier molecular flexibility index (Phi) is 10.4. The van der Waals surface area contributed by atoms with Gasteiger partial charge in [-0.25, -0.2) is 5.48 Å². The second-order valence-electron chi connectivity index (χ2n) is 8.81. The van der Waals surface area contributed by atoms with Gasteiger partial charge >= 0.3 is 0 Å². The zero-order chi connectivity index (χ0) is 27.3. The van der Waals surface area contributed by atoms with E-state index in [1.54, 1.807) is 36.4 Å². The normalized spacial score (nSPS) is 11.2. The fourth-order valence-corrected chi connectivity index (χ4v) is 3.83. The predicted molar refractivity (Wildman–Crippen MR) is 141 cm³/mol. The van der Waals surface area contributed by atoms with E-state index in [0.717, 1.165) is 22.3 Å². The van der Waals surface area contributed by atoms with Crippen LogP contribution in [0.5, 0.6) is 5.75 Å². The Morgan fingerprint density at radius 3 is 1.97 bits per heavy atom. The Morgan fingerprint density at radius 2 is 1.37 bits per heavy atom. The SMILES string of the molecule is N#Cc1ccc(-c2ccc(CCC(=O)NC[C@H](NC(=O)CCCc3ccc(O)cc3)C(=O)NO)cc2)cc1. The summed E-state index contributed by atoms with van der Waals surface area (Å²) in [5, 5.41) is 32.4. The van der Waals surface area contributed by atoms with E-state index in [1.165, 1.54) is 5.48 Å². The molecule has 0 spiro atoms. The van der Waals surface area contributed by atoms with Gasteiger partial charge in [-0.1, -0.05) is 48.5 Å². The molecular formula is C29H30N4O5. The molecule has 196 valence electrons. The molecule has 9 nitrogen and oxygen atoms in total. The lowest BCUT2D eigenvalue weighted by molar-refractivity contribution is -0.135. The van der Waals surface area contributed by atoms with Crippen LogP contribution in [-0.4, -0.2) is 40.6 Å². The van der Waals surface area contributed by atoms with E-state index >= 15 is 0 Å². The van der Waals surface area contributed by atoms with Crippen molar-refractivity contribution in [2.75, 3.05) is 6.54 Å². The number of phenols is 1. The smallest absolute Gasteiger partial charge is 0.267 e. The molecule has 1 atom stereocenters. The third kappa shape index (κ3) is 8.76. The van der Waals surface area contributed by atoms with Gasteiger partial charge in [-0.05, 0) is 65.8 Å².